The second-order valence-corrected chi connectivity index (χ2v) is 5.89. The largest absolute Gasteiger partial charge is 0.469 e. The standard InChI is InChI=1S/C13H25NO4/c1-12(2,3)18-10(15)9-14-8-7-13(4,5)11(16)17-6/h14H,7-9H2,1-6H3. The normalized spacial score (nSPS) is 12.1. The number of nitrogens with one attached hydrogen (secondary N) is 1. The van der Waals surface area contributed by atoms with Crippen LogP contribution in [0.1, 0.15) is 41.0 Å². The van der Waals surface area contributed by atoms with Crippen LogP contribution in [-0.4, -0.2) is 37.7 Å². The lowest BCUT2D eigenvalue weighted by Crippen LogP contribution is -2.34. The van der Waals surface area contributed by atoms with Crippen molar-refractivity contribution in [1.29, 1.82) is 0 Å². The molecule has 0 radical (unpaired) electrons. The fourth-order valence-corrected chi connectivity index (χ4v) is 1.35. The highest BCUT2D eigenvalue weighted by Crippen LogP contribution is 2.20. The quantitative estimate of drug-likeness (QED) is 0.578. The first-order valence-electron chi connectivity index (χ1n) is 6.09. The van der Waals surface area contributed by atoms with Gasteiger partial charge in [-0.15, -0.1) is 0 Å². The Bertz CT molecular complexity index is 292. The third-order valence-electron chi connectivity index (χ3n) is 2.35. The maximum Gasteiger partial charge on any atom is 0.320 e. The first-order chi connectivity index (χ1) is 8.08. The molecule has 0 aliphatic rings. The highest BCUT2D eigenvalue weighted by molar-refractivity contribution is 5.75. The van der Waals surface area contributed by atoms with Gasteiger partial charge >= 0.3 is 11.9 Å². The Morgan fingerprint density at radius 1 is 1.11 bits per heavy atom. The van der Waals surface area contributed by atoms with E-state index in [1.54, 1.807) is 0 Å². The van der Waals surface area contributed by atoms with E-state index in [1.165, 1.54) is 7.11 Å². The Morgan fingerprint density at radius 2 is 1.67 bits per heavy atom. The summed E-state index contributed by atoms with van der Waals surface area (Å²) in [6, 6.07) is 0. The summed E-state index contributed by atoms with van der Waals surface area (Å²) in [7, 11) is 1.37. The first kappa shape index (κ1) is 16.9. The smallest absolute Gasteiger partial charge is 0.320 e. The lowest BCUT2D eigenvalue weighted by molar-refractivity contribution is -0.153. The van der Waals surface area contributed by atoms with Gasteiger partial charge in [0.05, 0.1) is 19.1 Å². The molecular formula is C13H25NO4. The first-order valence-corrected chi connectivity index (χ1v) is 6.09. The van der Waals surface area contributed by atoms with Gasteiger partial charge in [0.25, 0.3) is 0 Å². The maximum atomic E-state index is 11.4. The zero-order valence-electron chi connectivity index (χ0n) is 12.3. The van der Waals surface area contributed by atoms with Crippen LogP contribution in [0.15, 0.2) is 0 Å². The van der Waals surface area contributed by atoms with Crippen LogP contribution < -0.4 is 5.32 Å². The molecule has 0 aromatic rings. The maximum absolute atomic E-state index is 11.4. The Hall–Kier alpha value is -1.10. The molecule has 5 nitrogen and oxygen atoms in total. The highest BCUT2D eigenvalue weighted by atomic mass is 16.6. The fourth-order valence-electron chi connectivity index (χ4n) is 1.35. The predicted molar refractivity (Wildman–Crippen MR) is 69.1 cm³/mol. The molecule has 0 spiro atoms. The number of hydrogen-bond acceptors (Lipinski definition) is 5. The van der Waals surface area contributed by atoms with E-state index >= 15 is 0 Å². The number of esters is 2. The molecule has 0 amide bonds. The van der Waals surface area contributed by atoms with Crippen molar-refractivity contribution >= 4 is 11.9 Å². The second kappa shape index (κ2) is 6.73. The minimum atomic E-state index is -0.546. The van der Waals surface area contributed by atoms with E-state index in [0.29, 0.717) is 13.0 Å². The van der Waals surface area contributed by atoms with Crippen molar-refractivity contribution in [1.82, 2.24) is 5.32 Å². The van der Waals surface area contributed by atoms with Crippen LogP contribution in [0.4, 0.5) is 0 Å². The van der Waals surface area contributed by atoms with Gasteiger partial charge in [-0.1, -0.05) is 0 Å². The van der Waals surface area contributed by atoms with Crippen LogP contribution >= 0.6 is 0 Å². The molecule has 0 fully saturated rings. The summed E-state index contributed by atoms with van der Waals surface area (Å²) in [5, 5.41) is 2.96. The molecule has 0 aliphatic heterocycles. The molecule has 0 aliphatic carbocycles. The van der Waals surface area contributed by atoms with Crippen LogP contribution in [0.5, 0.6) is 0 Å². The lowest BCUT2D eigenvalue weighted by Gasteiger charge is -2.22. The summed E-state index contributed by atoms with van der Waals surface area (Å²) in [5.74, 6) is -0.542. The summed E-state index contributed by atoms with van der Waals surface area (Å²) >= 11 is 0. The van der Waals surface area contributed by atoms with Gasteiger partial charge in [-0.2, -0.15) is 0 Å². The minimum absolute atomic E-state index is 0.147. The molecule has 0 aromatic heterocycles. The van der Waals surface area contributed by atoms with E-state index in [2.05, 4.69) is 5.32 Å². The van der Waals surface area contributed by atoms with Crippen LogP contribution in [0.3, 0.4) is 0 Å². The van der Waals surface area contributed by atoms with Gasteiger partial charge in [0, 0.05) is 0 Å². The molecule has 0 atom stereocenters. The molecular weight excluding hydrogens is 234 g/mol. The number of carbonyl (C=O) groups is 2. The van der Waals surface area contributed by atoms with Crippen molar-refractivity contribution in [3.05, 3.63) is 0 Å². The average molecular weight is 259 g/mol. The molecule has 0 heterocycles. The average Bonchev–Trinajstić information content (AvgIpc) is 2.20. The number of hydrogen-bond donors (Lipinski definition) is 1. The van der Waals surface area contributed by atoms with Crippen molar-refractivity contribution in [3.8, 4) is 0 Å². The second-order valence-electron chi connectivity index (χ2n) is 5.89. The van der Waals surface area contributed by atoms with Gasteiger partial charge in [0.1, 0.15) is 5.60 Å². The van der Waals surface area contributed by atoms with Crippen molar-refractivity contribution < 1.29 is 19.1 Å². The van der Waals surface area contributed by atoms with Gasteiger partial charge in [-0.25, -0.2) is 0 Å². The van der Waals surface area contributed by atoms with Gasteiger partial charge in [0.2, 0.25) is 0 Å². The summed E-state index contributed by atoms with van der Waals surface area (Å²) in [5.41, 5.74) is -1.01. The Morgan fingerprint density at radius 3 is 2.11 bits per heavy atom. The van der Waals surface area contributed by atoms with Crippen LogP contribution in [-0.2, 0) is 19.1 Å². The highest BCUT2D eigenvalue weighted by Gasteiger charge is 2.28. The van der Waals surface area contributed by atoms with Gasteiger partial charge in [0.15, 0.2) is 0 Å². The Labute approximate surface area is 109 Å². The Kier molecular flexibility index (Phi) is 6.32. The predicted octanol–water partition coefficient (Wildman–Crippen LogP) is 1.51. The molecule has 0 saturated carbocycles. The Balaban J connectivity index is 3.87. The number of rotatable bonds is 6. The summed E-state index contributed by atoms with van der Waals surface area (Å²) in [6.07, 6.45) is 0.600. The van der Waals surface area contributed by atoms with Crippen LogP contribution in [0.25, 0.3) is 0 Å². The number of carbonyl (C=O) groups excluding carboxylic acids is 2. The van der Waals surface area contributed by atoms with Crippen molar-refractivity contribution in [2.24, 2.45) is 5.41 Å². The molecule has 106 valence electrons. The third kappa shape index (κ3) is 7.27. The van der Waals surface area contributed by atoms with Crippen LogP contribution in [0.2, 0.25) is 0 Å². The topological polar surface area (TPSA) is 64.6 Å². The number of methoxy groups -OCH3 is 1. The van der Waals surface area contributed by atoms with E-state index in [-0.39, 0.29) is 18.5 Å². The molecule has 0 bridgehead atoms. The van der Waals surface area contributed by atoms with Gasteiger partial charge < -0.3 is 14.8 Å². The van der Waals surface area contributed by atoms with Crippen molar-refractivity contribution in [3.63, 3.8) is 0 Å². The van der Waals surface area contributed by atoms with E-state index in [1.807, 2.05) is 34.6 Å². The summed E-state index contributed by atoms with van der Waals surface area (Å²) < 4.78 is 9.85. The number of ether oxygens (including phenoxy) is 2. The molecule has 5 heteroatoms. The molecule has 0 unspecified atom stereocenters. The SMILES string of the molecule is COC(=O)C(C)(C)CCNCC(=O)OC(C)(C)C. The third-order valence-corrected chi connectivity index (χ3v) is 2.35. The monoisotopic (exact) mass is 259 g/mol. The van der Waals surface area contributed by atoms with E-state index in [9.17, 15) is 9.59 Å². The van der Waals surface area contributed by atoms with E-state index in [0.717, 1.165) is 0 Å². The zero-order chi connectivity index (χ0) is 14.4. The molecule has 0 saturated heterocycles. The molecule has 1 N–H and O–H groups in total. The van der Waals surface area contributed by atoms with Crippen molar-refractivity contribution in [2.45, 2.75) is 46.6 Å². The van der Waals surface area contributed by atoms with Crippen molar-refractivity contribution in [2.75, 3.05) is 20.2 Å². The summed E-state index contributed by atoms with van der Waals surface area (Å²) in [4.78, 5) is 22.8. The van der Waals surface area contributed by atoms with Crippen LogP contribution in [0, 0.1) is 5.41 Å². The van der Waals surface area contributed by atoms with E-state index < -0.39 is 11.0 Å². The molecule has 18 heavy (non-hydrogen) atoms. The minimum Gasteiger partial charge on any atom is -0.469 e. The van der Waals surface area contributed by atoms with E-state index in [4.69, 9.17) is 9.47 Å². The molecule has 0 rings (SSSR count). The lowest BCUT2D eigenvalue weighted by atomic mass is 9.89. The summed E-state index contributed by atoms with van der Waals surface area (Å²) in [6.45, 7) is 9.81. The molecule has 0 aromatic carbocycles. The van der Waals surface area contributed by atoms with Gasteiger partial charge in [-0.05, 0) is 47.6 Å². The van der Waals surface area contributed by atoms with Gasteiger partial charge in [-0.3, -0.25) is 9.59 Å². The fraction of sp³-hybridized carbons (Fsp3) is 0.846. The zero-order valence-corrected chi connectivity index (χ0v) is 12.3.